The summed E-state index contributed by atoms with van der Waals surface area (Å²) in [6.45, 7) is 2.10. The highest BCUT2D eigenvalue weighted by molar-refractivity contribution is 7.19. The molecule has 1 nitrogen and oxygen atoms in total. The van der Waals surface area contributed by atoms with Gasteiger partial charge in [-0.1, -0.05) is 6.07 Å². The highest BCUT2D eigenvalue weighted by Crippen LogP contribution is 2.28. The van der Waals surface area contributed by atoms with Crippen molar-refractivity contribution in [2.24, 2.45) is 0 Å². The van der Waals surface area contributed by atoms with Crippen LogP contribution >= 0.6 is 11.3 Å². The topological polar surface area (TPSA) is 26.0 Å². The van der Waals surface area contributed by atoms with E-state index in [0.29, 0.717) is 0 Å². The lowest BCUT2D eigenvalue weighted by Gasteiger charge is -1.92. The van der Waals surface area contributed by atoms with Crippen LogP contribution in [0.15, 0.2) is 24.3 Å². The van der Waals surface area contributed by atoms with E-state index in [1.165, 1.54) is 15.0 Å². The van der Waals surface area contributed by atoms with E-state index in [2.05, 4.69) is 19.1 Å². The molecule has 1 heterocycles. The van der Waals surface area contributed by atoms with Gasteiger partial charge in [-0.15, -0.1) is 11.3 Å². The van der Waals surface area contributed by atoms with Crippen LogP contribution in [0, 0.1) is 6.92 Å². The molecule has 0 aliphatic carbocycles. The third-order valence-electron chi connectivity index (χ3n) is 1.72. The fraction of sp³-hybridized carbons (Fsp3) is 0.111. The summed E-state index contributed by atoms with van der Waals surface area (Å²) in [6.07, 6.45) is 0. The van der Waals surface area contributed by atoms with Gasteiger partial charge in [-0.2, -0.15) is 0 Å². The van der Waals surface area contributed by atoms with Gasteiger partial charge in [-0.25, -0.2) is 0 Å². The van der Waals surface area contributed by atoms with Gasteiger partial charge in [0.25, 0.3) is 0 Å². The molecule has 0 fully saturated rings. The molecule has 0 saturated heterocycles. The lowest BCUT2D eigenvalue weighted by Crippen LogP contribution is -1.82. The second-order valence-electron chi connectivity index (χ2n) is 2.62. The predicted octanol–water partition coefficient (Wildman–Crippen LogP) is 2.79. The maximum atomic E-state index is 5.78. The van der Waals surface area contributed by atoms with Gasteiger partial charge >= 0.3 is 0 Å². The van der Waals surface area contributed by atoms with E-state index < -0.39 is 0 Å². The number of fused-ring (bicyclic) bond motifs is 1. The van der Waals surface area contributed by atoms with Crippen molar-refractivity contribution in [2.45, 2.75) is 6.92 Å². The summed E-state index contributed by atoms with van der Waals surface area (Å²) in [5.41, 5.74) is 6.66. The predicted molar refractivity (Wildman–Crippen MR) is 51.0 cm³/mol. The molecule has 2 aromatic rings. The molecule has 2 heteroatoms. The van der Waals surface area contributed by atoms with Gasteiger partial charge in [0.1, 0.15) is 0 Å². The van der Waals surface area contributed by atoms with Crippen LogP contribution in [0.4, 0.5) is 5.69 Å². The van der Waals surface area contributed by atoms with Gasteiger partial charge in [0.2, 0.25) is 0 Å². The zero-order chi connectivity index (χ0) is 7.84. The molecular formula is C9H9NS. The van der Waals surface area contributed by atoms with E-state index in [1.807, 2.05) is 12.1 Å². The SMILES string of the molecule is Cc1cc2c(N)cccc2s1. The largest absolute Gasteiger partial charge is 0.398 e. The van der Waals surface area contributed by atoms with Gasteiger partial charge in [-0.05, 0) is 25.1 Å². The Labute approximate surface area is 69.5 Å². The van der Waals surface area contributed by atoms with Gasteiger partial charge in [0.15, 0.2) is 0 Å². The van der Waals surface area contributed by atoms with Crippen molar-refractivity contribution in [1.82, 2.24) is 0 Å². The zero-order valence-electron chi connectivity index (χ0n) is 6.29. The van der Waals surface area contributed by atoms with E-state index in [4.69, 9.17) is 5.73 Å². The normalized spacial score (nSPS) is 10.6. The van der Waals surface area contributed by atoms with Gasteiger partial charge in [0.05, 0.1) is 0 Å². The number of nitrogen functional groups attached to an aromatic ring is 1. The summed E-state index contributed by atoms with van der Waals surface area (Å²) in [7, 11) is 0. The quantitative estimate of drug-likeness (QED) is 0.594. The minimum Gasteiger partial charge on any atom is -0.398 e. The van der Waals surface area contributed by atoms with E-state index in [9.17, 15) is 0 Å². The molecule has 0 radical (unpaired) electrons. The minimum atomic E-state index is 0.881. The third-order valence-corrected chi connectivity index (χ3v) is 2.73. The van der Waals surface area contributed by atoms with Crippen LogP contribution < -0.4 is 5.73 Å². The van der Waals surface area contributed by atoms with Crippen LogP contribution in [0.5, 0.6) is 0 Å². The first-order chi connectivity index (χ1) is 5.27. The summed E-state index contributed by atoms with van der Waals surface area (Å²) < 4.78 is 1.28. The van der Waals surface area contributed by atoms with Crippen LogP contribution in [0.2, 0.25) is 0 Å². The average Bonchev–Trinajstić information content (AvgIpc) is 2.31. The van der Waals surface area contributed by atoms with E-state index in [1.54, 1.807) is 11.3 Å². The Morgan fingerprint density at radius 3 is 2.91 bits per heavy atom. The molecule has 0 spiro atoms. The van der Waals surface area contributed by atoms with Crippen LogP contribution in [0.1, 0.15) is 4.88 Å². The van der Waals surface area contributed by atoms with Crippen LogP contribution in [-0.4, -0.2) is 0 Å². The molecule has 1 aromatic carbocycles. The molecule has 0 amide bonds. The van der Waals surface area contributed by atoms with Gasteiger partial charge in [0, 0.05) is 20.7 Å². The van der Waals surface area contributed by atoms with Crippen molar-refractivity contribution in [3.05, 3.63) is 29.1 Å². The first kappa shape index (κ1) is 6.68. The molecule has 2 rings (SSSR count). The molecule has 0 aliphatic rings. The van der Waals surface area contributed by atoms with Crippen molar-refractivity contribution in [3.63, 3.8) is 0 Å². The van der Waals surface area contributed by atoms with E-state index >= 15 is 0 Å². The van der Waals surface area contributed by atoms with Crippen LogP contribution in [0.25, 0.3) is 10.1 Å². The summed E-state index contributed by atoms with van der Waals surface area (Å²) in [5, 5.41) is 1.19. The van der Waals surface area contributed by atoms with Crippen molar-refractivity contribution in [2.75, 3.05) is 5.73 Å². The maximum absolute atomic E-state index is 5.78. The number of anilines is 1. The molecule has 0 atom stereocenters. The van der Waals surface area contributed by atoms with Crippen molar-refractivity contribution in [3.8, 4) is 0 Å². The Morgan fingerprint density at radius 2 is 2.18 bits per heavy atom. The summed E-state index contributed by atoms with van der Waals surface area (Å²) in [5.74, 6) is 0. The Balaban J connectivity index is 2.90. The number of hydrogen-bond acceptors (Lipinski definition) is 2. The number of thiophene rings is 1. The van der Waals surface area contributed by atoms with Crippen molar-refractivity contribution < 1.29 is 0 Å². The van der Waals surface area contributed by atoms with Gasteiger partial charge < -0.3 is 5.73 Å². The molecule has 1 aromatic heterocycles. The van der Waals surface area contributed by atoms with Crippen LogP contribution in [-0.2, 0) is 0 Å². The Bertz CT molecular complexity index is 389. The lowest BCUT2D eigenvalue weighted by molar-refractivity contribution is 1.65. The second kappa shape index (κ2) is 2.24. The molecular weight excluding hydrogens is 154 g/mol. The Kier molecular flexibility index (Phi) is 1.36. The molecule has 0 saturated carbocycles. The summed E-state index contributed by atoms with van der Waals surface area (Å²) in [4.78, 5) is 1.32. The number of rotatable bonds is 0. The average molecular weight is 163 g/mol. The first-order valence-corrected chi connectivity index (χ1v) is 4.33. The molecule has 0 aliphatic heterocycles. The molecule has 11 heavy (non-hydrogen) atoms. The smallest absolute Gasteiger partial charge is 0.0402 e. The number of nitrogens with two attached hydrogens (primary N) is 1. The summed E-state index contributed by atoms with van der Waals surface area (Å²) >= 11 is 1.79. The number of aryl methyl sites for hydroxylation is 1. The minimum absolute atomic E-state index is 0.881. The fourth-order valence-electron chi connectivity index (χ4n) is 1.21. The summed E-state index contributed by atoms with van der Waals surface area (Å²) in [6, 6.07) is 8.17. The molecule has 0 bridgehead atoms. The monoisotopic (exact) mass is 163 g/mol. The third kappa shape index (κ3) is 0.994. The van der Waals surface area contributed by atoms with Crippen molar-refractivity contribution in [1.29, 1.82) is 0 Å². The van der Waals surface area contributed by atoms with Crippen molar-refractivity contribution >= 4 is 27.1 Å². The van der Waals surface area contributed by atoms with Crippen LogP contribution in [0.3, 0.4) is 0 Å². The number of hydrogen-bond donors (Lipinski definition) is 1. The first-order valence-electron chi connectivity index (χ1n) is 3.52. The molecule has 56 valence electrons. The maximum Gasteiger partial charge on any atom is 0.0402 e. The standard InChI is InChI=1S/C9H9NS/c1-6-5-7-8(10)3-2-4-9(7)11-6/h2-5H,10H2,1H3. The Morgan fingerprint density at radius 1 is 1.36 bits per heavy atom. The highest BCUT2D eigenvalue weighted by Gasteiger charge is 1.99. The van der Waals surface area contributed by atoms with E-state index in [0.717, 1.165) is 5.69 Å². The highest BCUT2D eigenvalue weighted by atomic mass is 32.1. The second-order valence-corrected chi connectivity index (χ2v) is 3.90. The van der Waals surface area contributed by atoms with E-state index in [-0.39, 0.29) is 0 Å². The lowest BCUT2D eigenvalue weighted by atomic mass is 10.2. The molecule has 2 N–H and O–H groups in total. The van der Waals surface area contributed by atoms with Gasteiger partial charge in [-0.3, -0.25) is 0 Å². The fourth-order valence-corrected chi connectivity index (χ4v) is 2.17. The molecule has 0 unspecified atom stereocenters. The number of benzene rings is 1. The Hall–Kier alpha value is -1.02. The zero-order valence-corrected chi connectivity index (χ0v) is 7.11.